The van der Waals surface area contributed by atoms with Gasteiger partial charge in [0.15, 0.2) is 0 Å². The van der Waals surface area contributed by atoms with Crippen LogP contribution in [0.4, 0.5) is 0 Å². The number of benzene rings is 9. The van der Waals surface area contributed by atoms with Gasteiger partial charge in [0.1, 0.15) is 0 Å². The minimum atomic E-state index is 0.905. The molecule has 0 fully saturated rings. The van der Waals surface area contributed by atoms with E-state index in [4.69, 9.17) is 9.97 Å². The van der Waals surface area contributed by atoms with Crippen molar-refractivity contribution in [3.05, 3.63) is 194 Å². The van der Waals surface area contributed by atoms with Crippen molar-refractivity contribution >= 4 is 76.2 Å². The number of fused-ring (bicyclic) bond motifs is 12. The molecule has 0 N–H and O–H groups in total. The van der Waals surface area contributed by atoms with Gasteiger partial charge in [-0.2, -0.15) is 0 Å². The van der Waals surface area contributed by atoms with E-state index in [2.05, 4.69) is 191 Å². The molecule has 0 spiro atoms. The second kappa shape index (κ2) is 12.0. The van der Waals surface area contributed by atoms with Gasteiger partial charge in [-0.3, -0.25) is 9.97 Å². The van der Waals surface area contributed by atoms with E-state index in [1.165, 1.54) is 65.6 Å². The molecule has 0 radical (unpaired) electrons. The van der Waals surface area contributed by atoms with Gasteiger partial charge in [0.25, 0.3) is 0 Å². The van der Waals surface area contributed by atoms with Crippen molar-refractivity contribution in [2.75, 3.05) is 0 Å². The van der Waals surface area contributed by atoms with Crippen LogP contribution in [-0.2, 0) is 0 Å². The van der Waals surface area contributed by atoms with Crippen molar-refractivity contribution in [2.45, 2.75) is 0 Å². The Balaban J connectivity index is 1.13. The number of para-hydroxylation sites is 2. The normalized spacial score (nSPS) is 11.9. The third kappa shape index (κ3) is 4.53. The molecule has 56 heavy (non-hydrogen) atoms. The van der Waals surface area contributed by atoms with E-state index in [0.717, 1.165) is 44.2 Å². The van der Waals surface area contributed by atoms with E-state index >= 15 is 0 Å². The van der Waals surface area contributed by atoms with Crippen molar-refractivity contribution in [1.29, 1.82) is 0 Å². The van der Waals surface area contributed by atoms with E-state index in [1.54, 1.807) is 0 Å². The molecule has 0 amide bonds. The van der Waals surface area contributed by atoms with Gasteiger partial charge in [-0.25, -0.2) is 0 Å². The molecule has 0 aliphatic rings. The number of nitrogens with zero attached hydrogens (tertiary/aromatic N) is 4. The largest absolute Gasteiger partial charge is 0.309 e. The van der Waals surface area contributed by atoms with Crippen LogP contribution in [-0.4, -0.2) is 19.1 Å². The van der Waals surface area contributed by atoms with Crippen LogP contribution in [0.2, 0.25) is 0 Å². The van der Waals surface area contributed by atoms with E-state index in [-0.39, 0.29) is 0 Å². The summed E-state index contributed by atoms with van der Waals surface area (Å²) in [5.41, 5.74) is 13.5. The van der Waals surface area contributed by atoms with Crippen molar-refractivity contribution in [1.82, 2.24) is 19.1 Å². The Kier molecular flexibility index (Phi) is 6.60. The lowest BCUT2D eigenvalue weighted by molar-refractivity contribution is 1.18. The Labute approximate surface area is 322 Å². The highest BCUT2D eigenvalue weighted by Crippen LogP contribution is 2.43. The van der Waals surface area contributed by atoms with Crippen molar-refractivity contribution in [2.24, 2.45) is 0 Å². The molecule has 4 nitrogen and oxygen atoms in total. The van der Waals surface area contributed by atoms with Gasteiger partial charge in [0.2, 0.25) is 0 Å². The lowest BCUT2D eigenvalue weighted by Gasteiger charge is -2.13. The Morgan fingerprint density at radius 1 is 0.268 bits per heavy atom. The molecular weight excluding hydrogens is 681 g/mol. The third-order valence-electron chi connectivity index (χ3n) is 11.6. The predicted octanol–water partition coefficient (Wildman–Crippen LogP) is 13.5. The molecule has 0 aliphatic carbocycles. The summed E-state index contributed by atoms with van der Waals surface area (Å²) in [4.78, 5) is 10.1. The Morgan fingerprint density at radius 2 is 0.643 bits per heavy atom. The maximum atomic E-state index is 5.03. The molecule has 4 heteroatoms. The second-order valence-corrected chi connectivity index (χ2v) is 14.6. The van der Waals surface area contributed by atoms with Gasteiger partial charge >= 0.3 is 0 Å². The minimum absolute atomic E-state index is 0.905. The zero-order chi connectivity index (χ0) is 36.7. The number of rotatable bonds is 4. The SMILES string of the molecule is c1ccc(-c2ccc(-n3c4ccccc4c4cc5c6cc7c8ccccc8n(-c8ccc(-c9ccccc9)cc8)c7cc6c6nccnc6c5cc43)cc2)cc1. The van der Waals surface area contributed by atoms with Gasteiger partial charge in [-0.15, -0.1) is 0 Å². The van der Waals surface area contributed by atoms with Crippen LogP contribution < -0.4 is 0 Å². The first-order valence-corrected chi connectivity index (χ1v) is 19.1. The summed E-state index contributed by atoms with van der Waals surface area (Å²) in [6.07, 6.45) is 3.64. The maximum Gasteiger partial charge on any atom is 0.0972 e. The quantitative estimate of drug-likeness (QED) is 0.170. The monoisotopic (exact) mass is 712 g/mol. The summed E-state index contributed by atoms with van der Waals surface area (Å²) in [7, 11) is 0. The first-order chi connectivity index (χ1) is 27.8. The molecule has 0 bridgehead atoms. The van der Waals surface area contributed by atoms with Crippen LogP contribution in [0.15, 0.2) is 194 Å². The summed E-state index contributed by atoms with van der Waals surface area (Å²) in [5.74, 6) is 0. The average Bonchev–Trinajstić information content (AvgIpc) is 3.78. The van der Waals surface area contributed by atoms with Crippen LogP contribution in [0.25, 0.3) is 110 Å². The van der Waals surface area contributed by atoms with Gasteiger partial charge in [-0.05, 0) is 93.7 Å². The summed E-state index contributed by atoms with van der Waals surface area (Å²) in [6.45, 7) is 0. The maximum absolute atomic E-state index is 5.03. The van der Waals surface area contributed by atoms with E-state index in [9.17, 15) is 0 Å². The number of hydrogen-bond donors (Lipinski definition) is 0. The first kappa shape index (κ1) is 30.9. The standard InChI is InChI=1S/C52H32N4/c1-3-11-33(12-4-1)35-19-23-37(24-20-35)55-47-17-9-7-15-39(47)43-29-41-42-30-44-40-16-8-10-18-48(40)56(38-25-21-36(22-26-38)34-13-5-2-6-14-34)50(44)32-46(42)52-51(53-27-28-54-52)45(41)31-49(43)55/h1-32H. The Bertz CT molecular complexity index is 3250. The topological polar surface area (TPSA) is 35.6 Å². The van der Waals surface area contributed by atoms with Crippen LogP contribution in [0.5, 0.6) is 0 Å². The minimum Gasteiger partial charge on any atom is -0.309 e. The molecule has 3 heterocycles. The molecule has 0 saturated heterocycles. The van der Waals surface area contributed by atoms with Gasteiger partial charge in [0, 0.05) is 56.1 Å². The Hall–Kier alpha value is -7.56. The van der Waals surface area contributed by atoms with Gasteiger partial charge in [0.05, 0.1) is 33.1 Å². The molecule has 12 rings (SSSR count). The molecule has 260 valence electrons. The van der Waals surface area contributed by atoms with Crippen molar-refractivity contribution in [3.63, 3.8) is 0 Å². The summed E-state index contributed by atoms with van der Waals surface area (Å²) in [5, 5.41) is 9.41. The summed E-state index contributed by atoms with van der Waals surface area (Å²) >= 11 is 0. The molecular formula is C52H32N4. The predicted molar refractivity (Wildman–Crippen MR) is 234 cm³/mol. The van der Waals surface area contributed by atoms with Crippen molar-refractivity contribution < 1.29 is 0 Å². The highest BCUT2D eigenvalue weighted by Gasteiger charge is 2.20. The van der Waals surface area contributed by atoms with E-state index < -0.39 is 0 Å². The zero-order valence-corrected chi connectivity index (χ0v) is 30.3. The molecule has 12 aromatic rings. The lowest BCUT2D eigenvalue weighted by Crippen LogP contribution is -1.95. The fourth-order valence-electron chi connectivity index (χ4n) is 9.02. The molecule has 9 aromatic carbocycles. The molecule has 0 unspecified atom stereocenters. The van der Waals surface area contributed by atoms with Crippen LogP contribution >= 0.6 is 0 Å². The summed E-state index contributed by atoms with van der Waals surface area (Å²) < 4.78 is 4.79. The van der Waals surface area contributed by atoms with Crippen LogP contribution in [0.3, 0.4) is 0 Å². The number of hydrogen-bond acceptors (Lipinski definition) is 2. The molecule has 0 saturated carbocycles. The van der Waals surface area contributed by atoms with E-state index in [1.807, 2.05) is 12.4 Å². The fourth-order valence-corrected chi connectivity index (χ4v) is 9.02. The molecule has 0 aliphatic heterocycles. The first-order valence-electron chi connectivity index (χ1n) is 19.1. The molecule has 3 aromatic heterocycles. The zero-order valence-electron chi connectivity index (χ0n) is 30.3. The van der Waals surface area contributed by atoms with E-state index in [0.29, 0.717) is 0 Å². The smallest absolute Gasteiger partial charge is 0.0972 e. The highest BCUT2D eigenvalue weighted by atomic mass is 15.0. The van der Waals surface area contributed by atoms with Crippen molar-refractivity contribution in [3.8, 4) is 33.6 Å². The number of aromatic nitrogens is 4. The fraction of sp³-hybridized carbons (Fsp3) is 0. The summed E-state index contributed by atoms with van der Waals surface area (Å²) in [6, 6.07) is 65.9. The Morgan fingerprint density at radius 3 is 1.07 bits per heavy atom. The highest BCUT2D eigenvalue weighted by molar-refractivity contribution is 6.30. The average molecular weight is 713 g/mol. The third-order valence-corrected chi connectivity index (χ3v) is 11.6. The van der Waals surface area contributed by atoms with Gasteiger partial charge in [-0.1, -0.05) is 121 Å². The lowest BCUT2D eigenvalue weighted by atomic mass is 9.96. The van der Waals surface area contributed by atoms with Gasteiger partial charge < -0.3 is 9.13 Å². The van der Waals surface area contributed by atoms with Crippen LogP contribution in [0, 0.1) is 0 Å². The van der Waals surface area contributed by atoms with Crippen LogP contribution in [0.1, 0.15) is 0 Å². The molecule has 0 atom stereocenters. The second-order valence-electron chi connectivity index (χ2n) is 14.6.